The van der Waals surface area contributed by atoms with E-state index in [4.69, 9.17) is 11.6 Å². The minimum atomic E-state index is -3.20. The maximum atomic E-state index is 11.7. The van der Waals surface area contributed by atoms with Gasteiger partial charge in [-0.3, -0.25) is 4.99 Å². The van der Waals surface area contributed by atoms with Gasteiger partial charge in [-0.1, -0.05) is 35.9 Å². The van der Waals surface area contributed by atoms with Crippen LogP contribution in [0, 0.1) is 6.92 Å². The molecule has 0 amide bonds. The van der Waals surface area contributed by atoms with E-state index in [0.29, 0.717) is 23.9 Å². The Morgan fingerprint density at radius 1 is 1.21 bits per heavy atom. The van der Waals surface area contributed by atoms with Gasteiger partial charge in [-0.2, -0.15) is 11.8 Å². The first-order valence-corrected chi connectivity index (χ1v) is 12.3. The second-order valence-electron chi connectivity index (χ2n) is 6.46. The third-order valence-corrected chi connectivity index (χ3v) is 6.78. The first-order chi connectivity index (χ1) is 13.2. The van der Waals surface area contributed by atoms with Gasteiger partial charge in [0, 0.05) is 36.7 Å². The zero-order valence-electron chi connectivity index (χ0n) is 16.5. The van der Waals surface area contributed by atoms with Crippen molar-refractivity contribution in [1.82, 2.24) is 10.6 Å². The predicted octanol–water partition coefficient (Wildman–Crippen LogP) is 3.82. The molecule has 0 bridgehead atoms. The summed E-state index contributed by atoms with van der Waals surface area (Å²) in [6.07, 6.45) is 3.29. The maximum Gasteiger partial charge on any atom is 0.191 e. The van der Waals surface area contributed by atoms with E-state index in [1.807, 2.05) is 30.3 Å². The molecule has 152 valence electrons. The Morgan fingerprint density at radius 3 is 2.54 bits per heavy atom. The summed E-state index contributed by atoms with van der Waals surface area (Å²) < 4.78 is 23.5. The number of benzene rings is 2. The number of hydrogen-bond donors (Lipinski definition) is 2. The van der Waals surface area contributed by atoms with E-state index in [2.05, 4.69) is 27.9 Å². The summed E-state index contributed by atoms with van der Waals surface area (Å²) in [7, 11) is -1.48. The van der Waals surface area contributed by atoms with Gasteiger partial charge in [-0.25, -0.2) is 8.42 Å². The van der Waals surface area contributed by atoms with E-state index in [0.717, 1.165) is 21.7 Å². The van der Waals surface area contributed by atoms with Crippen molar-refractivity contribution in [3.63, 3.8) is 0 Å². The van der Waals surface area contributed by atoms with Crippen molar-refractivity contribution in [2.24, 2.45) is 4.99 Å². The van der Waals surface area contributed by atoms with Crippen molar-refractivity contribution in [3.8, 4) is 0 Å². The highest BCUT2D eigenvalue weighted by molar-refractivity contribution is 7.98. The van der Waals surface area contributed by atoms with Crippen molar-refractivity contribution in [3.05, 3.63) is 64.2 Å². The first-order valence-electron chi connectivity index (χ1n) is 8.77. The molecule has 5 nitrogen and oxygen atoms in total. The van der Waals surface area contributed by atoms with Gasteiger partial charge in [0.25, 0.3) is 0 Å². The molecule has 0 heterocycles. The van der Waals surface area contributed by atoms with Crippen LogP contribution in [0.2, 0.25) is 5.02 Å². The fourth-order valence-corrected chi connectivity index (χ4v) is 4.70. The van der Waals surface area contributed by atoms with Gasteiger partial charge in [0.05, 0.1) is 4.90 Å². The zero-order valence-corrected chi connectivity index (χ0v) is 18.9. The smallest absolute Gasteiger partial charge is 0.191 e. The molecule has 2 rings (SSSR count). The van der Waals surface area contributed by atoms with Gasteiger partial charge in [0.15, 0.2) is 15.8 Å². The van der Waals surface area contributed by atoms with Crippen LogP contribution in [0.3, 0.4) is 0 Å². The molecule has 2 aromatic carbocycles. The minimum Gasteiger partial charge on any atom is -0.355 e. The Morgan fingerprint density at radius 2 is 1.96 bits per heavy atom. The molecular weight excluding hydrogens is 414 g/mol. The molecule has 0 saturated carbocycles. The summed E-state index contributed by atoms with van der Waals surface area (Å²) in [4.78, 5) is 4.63. The molecule has 0 aliphatic carbocycles. The van der Waals surface area contributed by atoms with Gasteiger partial charge in [-0.05, 0) is 48.1 Å². The SMILES string of the molecule is CN=C(NCc1ccc(S(C)(=O)=O)c(C)c1)NCC(SC)c1cccc(Cl)c1. The van der Waals surface area contributed by atoms with E-state index in [1.165, 1.54) is 6.26 Å². The highest BCUT2D eigenvalue weighted by Crippen LogP contribution is 2.27. The minimum absolute atomic E-state index is 0.244. The van der Waals surface area contributed by atoms with Gasteiger partial charge in [0.1, 0.15) is 0 Å². The second kappa shape index (κ2) is 10.2. The monoisotopic (exact) mass is 439 g/mol. The van der Waals surface area contributed by atoms with Gasteiger partial charge >= 0.3 is 0 Å². The van der Waals surface area contributed by atoms with Crippen LogP contribution >= 0.6 is 23.4 Å². The highest BCUT2D eigenvalue weighted by atomic mass is 35.5. The Balaban J connectivity index is 1.97. The van der Waals surface area contributed by atoms with Gasteiger partial charge < -0.3 is 10.6 Å². The number of aryl methyl sites for hydroxylation is 1. The van der Waals surface area contributed by atoms with E-state index in [9.17, 15) is 8.42 Å². The van der Waals surface area contributed by atoms with Crippen LogP contribution in [0.5, 0.6) is 0 Å². The molecule has 0 aliphatic heterocycles. The molecule has 0 aromatic heterocycles. The number of halogens is 1. The van der Waals surface area contributed by atoms with Crippen molar-refractivity contribution >= 4 is 39.2 Å². The number of guanidine groups is 1. The molecule has 8 heteroatoms. The van der Waals surface area contributed by atoms with Crippen LogP contribution in [-0.4, -0.2) is 40.5 Å². The van der Waals surface area contributed by atoms with Crippen LogP contribution in [0.1, 0.15) is 21.9 Å². The van der Waals surface area contributed by atoms with Gasteiger partial charge in [0.2, 0.25) is 0 Å². The van der Waals surface area contributed by atoms with Crippen LogP contribution in [0.4, 0.5) is 0 Å². The van der Waals surface area contributed by atoms with E-state index in [1.54, 1.807) is 31.8 Å². The molecule has 28 heavy (non-hydrogen) atoms. The third-order valence-electron chi connectivity index (χ3n) is 4.28. The molecule has 2 aromatic rings. The summed E-state index contributed by atoms with van der Waals surface area (Å²) in [5.74, 6) is 0.686. The molecule has 0 fully saturated rings. The highest BCUT2D eigenvalue weighted by Gasteiger charge is 2.13. The van der Waals surface area contributed by atoms with Crippen LogP contribution in [-0.2, 0) is 16.4 Å². The molecular formula is C20H26ClN3O2S2. The van der Waals surface area contributed by atoms with Crippen molar-refractivity contribution < 1.29 is 8.42 Å². The number of hydrogen-bond acceptors (Lipinski definition) is 4. The summed E-state index contributed by atoms with van der Waals surface area (Å²) in [6.45, 7) is 3.06. The Bertz CT molecular complexity index is 946. The quantitative estimate of drug-likeness (QED) is 0.507. The van der Waals surface area contributed by atoms with E-state index >= 15 is 0 Å². The molecule has 2 N–H and O–H groups in total. The predicted molar refractivity (Wildman–Crippen MR) is 120 cm³/mol. The summed E-state index contributed by atoms with van der Waals surface area (Å²) in [6, 6.07) is 13.2. The van der Waals surface area contributed by atoms with E-state index in [-0.39, 0.29) is 5.25 Å². The van der Waals surface area contributed by atoms with Crippen molar-refractivity contribution in [1.29, 1.82) is 0 Å². The van der Waals surface area contributed by atoms with Crippen LogP contribution < -0.4 is 10.6 Å². The number of rotatable bonds is 7. The lowest BCUT2D eigenvalue weighted by molar-refractivity contribution is 0.601. The molecule has 1 unspecified atom stereocenters. The van der Waals surface area contributed by atoms with Crippen LogP contribution in [0.15, 0.2) is 52.4 Å². The average molecular weight is 440 g/mol. The number of sulfone groups is 1. The average Bonchev–Trinajstić information content (AvgIpc) is 2.63. The lowest BCUT2D eigenvalue weighted by Gasteiger charge is -2.18. The number of nitrogens with zero attached hydrogens (tertiary/aromatic N) is 1. The van der Waals surface area contributed by atoms with Gasteiger partial charge in [-0.15, -0.1) is 0 Å². The maximum absolute atomic E-state index is 11.7. The largest absolute Gasteiger partial charge is 0.355 e. The van der Waals surface area contributed by atoms with Crippen LogP contribution in [0.25, 0.3) is 0 Å². The van der Waals surface area contributed by atoms with Crippen molar-refractivity contribution in [2.45, 2.75) is 23.6 Å². The van der Waals surface area contributed by atoms with E-state index < -0.39 is 9.84 Å². The molecule has 0 radical (unpaired) electrons. The summed E-state index contributed by atoms with van der Waals surface area (Å²) in [5, 5.41) is 7.58. The Hall–Kier alpha value is -1.70. The van der Waals surface area contributed by atoms with Crippen molar-refractivity contribution in [2.75, 3.05) is 26.1 Å². The second-order valence-corrected chi connectivity index (χ2v) is 9.92. The topological polar surface area (TPSA) is 70.6 Å². The number of aliphatic imine (C=N–C) groups is 1. The zero-order chi connectivity index (χ0) is 20.7. The summed E-state index contributed by atoms with van der Waals surface area (Å²) >= 11 is 7.85. The molecule has 0 saturated heterocycles. The number of thioether (sulfide) groups is 1. The lowest BCUT2D eigenvalue weighted by Crippen LogP contribution is -2.38. The standard InChI is InChI=1S/C20H26ClN3O2S2/c1-14-10-15(8-9-19(14)28(4,25)26)12-23-20(22-2)24-13-18(27-3)16-6-5-7-17(21)11-16/h5-11,18H,12-13H2,1-4H3,(H2,22,23,24). The number of nitrogens with one attached hydrogen (secondary N) is 2. The molecule has 1 atom stereocenters. The normalized spacial score (nSPS) is 13.2. The first kappa shape index (κ1) is 22.6. The molecule has 0 aliphatic rings. The fraction of sp³-hybridized carbons (Fsp3) is 0.350. The third kappa shape index (κ3) is 6.43. The molecule has 0 spiro atoms. The lowest BCUT2D eigenvalue weighted by atomic mass is 10.1. The Kier molecular flexibility index (Phi) is 8.22. The fourth-order valence-electron chi connectivity index (χ4n) is 2.88. The Labute approximate surface area is 176 Å². The summed E-state index contributed by atoms with van der Waals surface area (Å²) in [5.41, 5.74) is 2.90.